The first kappa shape index (κ1) is 22.6. The highest BCUT2D eigenvalue weighted by Crippen LogP contribution is 2.29. The van der Waals surface area contributed by atoms with Gasteiger partial charge < -0.3 is 5.32 Å². The van der Waals surface area contributed by atoms with Crippen LogP contribution in [0.5, 0.6) is 0 Å². The number of nitrogens with one attached hydrogen (secondary N) is 2. The Morgan fingerprint density at radius 1 is 1.04 bits per heavy atom. The lowest BCUT2D eigenvalue weighted by Gasteiger charge is -2.19. The van der Waals surface area contributed by atoms with E-state index in [-0.39, 0.29) is 24.9 Å². The minimum absolute atomic E-state index is 0.00518. The molecule has 0 radical (unpaired) electrons. The Kier molecular flexibility index (Phi) is 7.42. The Balaban J connectivity index is 1.98. The molecule has 1 aromatic carbocycles. The van der Waals surface area contributed by atoms with Crippen molar-refractivity contribution in [2.24, 2.45) is 0 Å². The molecule has 0 aliphatic carbocycles. The van der Waals surface area contributed by atoms with E-state index in [0.717, 1.165) is 34.2 Å². The standard InChI is InChI=1S/C21H30N2O3S2/c1-13(11-19-8-10-27-12-19)23-20(24)7-9-22-28(25,26)21-17(5)15(3)14(2)16(4)18(21)6/h8,10,12-13,22H,7,9,11H2,1-6H3,(H,23,24). The van der Waals surface area contributed by atoms with Gasteiger partial charge in [0.25, 0.3) is 0 Å². The smallest absolute Gasteiger partial charge is 0.241 e. The van der Waals surface area contributed by atoms with E-state index in [2.05, 4.69) is 15.4 Å². The van der Waals surface area contributed by atoms with E-state index in [1.54, 1.807) is 11.3 Å². The summed E-state index contributed by atoms with van der Waals surface area (Å²) in [4.78, 5) is 12.5. The molecule has 0 spiro atoms. The van der Waals surface area contributed by atoms with Gasteiger partial charge in [0.1, 0.15) is 0 Å². The van der Waals surface area contributed by atoms with Gasteiger partial charge in [-0.15, -0.1) is 0 Å². The van der Waals surface area contributed by atoms with E-state index in [0.29, 0.717) is 4.90 Å². The van der Waals surface area contributed by atoms with E-state index in [1.165, 1.54) is 5.56 Å². The number of benzene rings is 1. The van der Waals surface area contributed by atoms with Gasteiger partial charge in [-0.1, -0.05) is 0 Å². The van der Waals surface area contributed by atoms with Crippen LogP contribution in [-0.2, 0) is 21.2 Å². The van der Waals surface area contributed by atoms with Crippen LogP contribution < -0.4 is 10.0 Å². The Labute approximate surface area is 172 Å². The van der Waals surface area contributed by atoms with Crippen LogP contribution in [0, 0.1) is 34.6 Å². The van der Waals surface area contributed by atoms with Crippen molar-refractivity contribution >= 4 is 27.3 Å². The van der Waals surface area contributed by atoms with E-state index in [1.807, 2.05) is 53.0 Å². The third-order valence-electron chi connectivity index (χ3n) is 5.37. The second-order valence-corrected chi connectivity index (χ2v) is 9.89. The summed E-state index contributed by atoms with van der Waals surface area (Å²) in [6, 6.07) is 2.04. The fourth-order valence-corrected chi connectivity index (χ4v) is 5.71. The largest absolute Gasteiger partial charge is 0.353 e. The summed E-state index contributed by atoms with van der Waals surface area (Å²) < 4.78 is 28.3. The molecule has 0 bridgehead atoms. The highest BCUT2D eigenvalue weighted by atomic mass is 32.2. The van der Waals surface area contributed by atoms with Crippen molar-refractivity contribution in [3.8, 4) is 0 Å². The molecule has 1 heterocycles. The second-order valence-electron chi connectivity index (χ2n) is 7.41. The summed E-state index contributed by atoms with van der Waals surface area (Å²) in [6.07, 6.45) is 0.871. The van der Waals surface area contributed by atoms with Gasteiger partial charge in [0.15, 0.2) is 0 Å². The van der Waals surface area contributed by atoms with Gasteiger partial charge in [0.05, 0.1) is 4.90 Å². The van der Waals surface area contributed by atoms with Crippen LogP contribution in [0.3, 0.4) is 0 Å². The summed E-state index contributed by atoms with van der Waals surface area (Å²) in [6.45, 7) is 11.6. The third kappa shape index (κ3) is 5.21. The molecule has 28 heavy (non-hydrogen) atoms. The molecule has 0 saturated heterocycles. The minimum atomic E-state index is -3.68. The molecule has 1 aromatic heterocycles. The molecule has 7 heteroatoms. The van der Waals surface area contributed by atoms with Gasteiger partial charge >= 0.3 is 0 Å². The van der Waals surface area contributed by atoms with Gasteiger partial charge in [-0.05, 0) is 98.2 Å². The van der Waals surface area contributed by atoms with E-state index >= 15 is 0 Å². The fourth-order valence-electron chi connectivity index (χ4n) is 3.40. The van der Waals surface area contributed by atoms with Crippen LogP contribution in [0.25, 0.3) is 0 Å². The Morgan fingerprint density at radius 3 is 2.14 bits per heavy atom. The Hall–Kier alpha value is -1.70. The van der Waals surface area contributed by atoms with Gasteiger partial charge in [-0.3, -0.25) is 4.79 Å². The number of carbonyl (C=O) groups is 1. The quantitative estimate of drug-likeness (QED) is 0.681. The Bertz CT molecular complexity index is 920. The predicted molar refractivity (Wildman–Crippen MR) is 116 cm³/mol. The molecular formula is C21H30N2O3S2. The van der Waals surface area contributed by atoms with E-state index in [4.69, 9.17) is 0 Å². The number of thiophene rings is 1. The van der Waals surface area contributed by atoms with Crippen LogP contribution in [0.15, 0.2) is 21.7 Å². The molecule has 1 amide bonds. The highest BCUT2D eigenvalue weighted by molar-refractivity contribution is 7.89. The molecule has 5 nitrogen and oxygen atoms in total. The maximum atomic E-state index is 12.9. The zero-order valence-electron chi connectivity index (χ0n) is 17.5. The van der Waals surface area contributed by atoms with Crippen LogP contribution in [0.2, 0.25) is 0 Å². The van der Waals surface area contributed by atoms with Crippen LogP contribution in [0.1, 0.15) is 46.7 Å². The fraction of sp³-hybridized carbons (Fsp3) is 0.476. The van der Waals surface area contributed by atoms with E-state index in [9.17, 15) is 13.2 Å². The average molecular weight is 423 g/mol. The summed E-state index contributed by atoms with van der Waals surface area (Å²) >= 11 is 1.63. The molecule has 2 aromatic rings. The number of carbonyl (C=O) groups excluding carboxylic acids is 1. The monoisotopic (exact) mass is 422 g/mol. The first-order chi connectivity index (χ1) is 13.0. The maximum absolute atomic E-state index is 12.9. The van der Waals surface area contributed by atoms with E-state index < -0.39 is 10.0 Å². The molecule has 154 valence electrons. The molecule has 1 unspecified atom stereocenters. The summed E-state index contributed by atoms with van der Waals surface area (Å²) in [5, 5.41) is 7.00. The lowest BCUT2D eigenvalue weighted by molar-refractivity contribution is -0.121. The topological polar surface area (TPSA) is 75.3 Å². The number of sulfonamides is 1. The number of hydrogen-bond acceptors (Lipinski definition) is 4. The molecule has 0 aliphatic heterocycles. The first-order valence-corrected chi connectivity index (χ1v) is 11.8. The van der Waals surface area contributed by atoms with Crippen LogP contribution in [0.4, 0.5) is 0 Å². The number of hydrogen-bond donors (Lipinski definition) is 2. The van der Waals surface area contributed by atoms with Crippen molar-refractivity contribution in [3.63, 3.8) is 0 Å². The maximum Gasteiger partial charge on any atom is 0.241 e. The molecule has 0 saturated carbocycles. The molecular weight excluding hydrogens is 392 g/mol. The lowest BCUT2D eigenvalue weighted by Crippen LogP contribution is -2.36. The van der Waals surface area contributed by atoms with Gasteiger partial charge in [-0.25, -0.2) is 13.1 Å². The predicted octanol–water partition coefficient (Wildman–Crippen LogP) is 3.71. The van der Waals surface area contributed by atoms with Crippen molar-refractivity contribution in [1.82, 2.24) is 10.0 Å². The SMILES string of the molecule is Cc1c(C)c(C)c(S(=O)(=O)NCCC(=O)NC(C)Cc2ccsc2)c(C)c1C. The van der Waals surface area contributed by atoms with Crippen molar-refractivity contribution < 1.29 is 13.2 Å². The zero-order chi connectivity index (χ0) is 21.1. The Morgan fingerprint density at radius 2 is 1.61 bits per heavy atom. The number of amides is 1. The van der Waals surface area contributed by atoms with Crippen molar-refractivity contribution in [2.45, 2.75) is 65.3 Å². The molecule has 0 aliphatic rings. The molecule has 2 N–H and O–H groups in total. The van der Waals surface area contributed by atoms with Crippen molar-refractivity contribution in [1.29, 1.82) is 0 Å². The van der Waals surface area contributed by atoms with Crippen LogP contribution in [-0.4, -0.2) is 26.9 Å². The van der Waals surface area contributed by atoms with Gasteiger partial charge in [-0.2, -0.15) is 11.3 Å². The lowest BCUT2D eigenvalue weighted by atomic mass is 9.95. The molecule has 2 rings (SSSR count). The summed E-state index contributed by atoms with van der Waals surface area (Å²) in [5.41, 5.74) is 5.82. The van der Waals surface area contributed by atoms with Gasteiger partial charge in [0.2, 0.25) is 15.9 Å². The first-order valence-electron chi connectivity index (χ1n) is 9.41. The summed E-state index contributed by atoms with van der Waals surface area (Å²) in [7, 11) is -3.68. The average Bonchev–Trinajstić information content (AvgIpc) is 3.10. The molecule has 1 atom stereocenters. The summed E-state index contributed by atoms with van der Waals surface area (Å²) in [5.74, 6) is -0.157. The van der Waals surface area contributed by atoms with Crippen LogP contribution >= 0.6 is 11.3 Å². The third-order valence-corrected chi connectivity index (χ3v) is 7.84. The van der Waals surface area contributed by atoms with Crippen molar-refractivity contribution in [3.05, 3.63) is 50.2 Å². The minimum Gasteiger partial charge on any atom is -0.353 e. The zero-order valence-corrected chi connectivity index (χ0v) is 19.1. The van der Waals surface area contributed by atoms with Crippen molar-refractivity contribution in [2.75, 3.05) is 6.54 Å². The molecule has 0 fully saturated rings. The number of rotatable bonds is 8. The highest BCUT2D eigenvalue weighted by Gasteiger charge is 2.23. The normalized spacial score (nSPS) is 12.8. The van der Waals surface area contributed by atoms with Gasteiger partial charge in [0, 0.05) is 19.0 Å². The second kappa shape index (κ2) is 9.20.